The molecule has 28 heavy (non-hydrogen) atoms. The molecule has 0 saturated carbocycles. The Balaban J connectivity index is 1.57. The van der Waals surface area contributed by atoms with E-state index in [1.807, 2.05) is 30.3 Å². The van der Waals surface area contributed by atoms with Crippen LogP contribution in [-0.2, 0) is 13.6 Å². The lowest BCUT2D eigenvalue weighted by atomic mass is 10.2. The molecule has 7 heteroatoms. The number of carbonyl (C=O) groups is 1. The van der Waals surface area contributed by atoms with Crippen LogP contribution < -0.4 is 4.74 Å². The van der Waals surface area contributed by atoms with E-state index in [-0.39, 0.29) is 5.69 Å². The van der Waals surface area contributed by atoms with Crippen LogP contribution >= 0.6 is 0 Å². The minimum absolute atomic E-state index is 0.233. The van der Waals surface area contributed by atoms with E-state index in [0.29, 0.717) is 11.5 Å². The summed E-state index contributed by atoms with van der Waals surface area (Å²) >= 11 is 0. The zero-order valence-corrected chi connectivity index (χ0v) is 16.1. The number of para-hydroxylation sites is 1. The molecule has 0 radical (unpaired) electrons. The van der Waals surface area contributed by atoms with Gasteiger partial charge in [-0.1, -0.05) is 12.1 Å². The fourth-order valence-electron chi connectivity index (χ4n) is 3.63. The second-order valence-electron chi connectivity index (χ2n) is 7.25. The van der Waals surface area contributed by atoms with Crippen molar-refractivity contribution < 1.29 is 14.6 Å². The SMILES string of the molecule is CN1CCN(Cc2cc(Oc3cccc4cc(C(=O)O)n(C)c34)ccn2)CC1. The van der Waals surface area contributed by atoms with Crippen LogP contribution in [0.5, 0.6) is 11.5 Å². The number of aryl methyl sites for hydroxylation is 1. The van der Waals surface area contributed by atoms with Crippen molar-refractivity contribution in [3.63, 3.8) is 0 Å². The van der Waals surface area contributed by atoms with Crippen molar-refractivity contribution in [1.82, 2.24) is 19.4 Å². The zero-order chi connectivity index (χ0) is 19.7. The van der Waals surface area contributed by atoms with Gasteiger partial charge in [-0.05, 0) is 25.2 Å². The van der Waals surface area contributed by atoms with Gasteiger partial charge in [0.2, 0.25) is 0 Å². The van der Waals surface area contributed by atoms with E-state index in [9.17, 15) is 9.90 Å². The zero-order valence-electron chi connectivity index (χ0n) is 16.1. The lowest BCUT2D eigenvalue weighted by Gasteiger charge is -2.32. The Bertz CT molecular complexity index is 1010. The molecular weight excluding hydrogens is 356 g/mol. The molecule has 0 unspecified atom stereocenters. The van der Waals surface area contributed by atoms with E-state index in [2.05, 4.69) is 21.8 Å². The Kier molecular flexibility index (Phi) is 5.02. The molecule has 3 heterocycles. The lowest BCUT2D eigenvalue weighted by Crippen LogP contribution is -2.43. The molecule has 3 aromatic rings. The van der Waals surface area contributed by atoms with Gasteiger partial charge in [0.05, 0.1) is 11.2 Å². The average molecular weight is 380 g/mol. The molecular formula is C21H24N4O3. The van der Waals surface area contributed by atoms with Gasteiger partial charge in [0, 0.05) is 57.4 Å². The first-order valence-corrected chi connectivity index (χ1v) is 9.36. The fraction of sp³-hybridized carbons (Fsp3) is 0.333. The van der Waals surface area contributed by atoms with Gasteiger partial charge in [0.15, 0.2) is 5.75 Å². The molecule has 0 amide bonds. The molecule has 0 spiro atoms. The first-order chi connectivity index (χ1) is 13.5. The number of carboxylic acids is 1. The van der Waals surface area contributed by atoms with Crippen LogP contribution in [0, 0.1) is 0 Å². The number of pyridine rings is 1. The summed E-state index contributed by atoms with van der Waals surface area (Å²) in [4.78, 5) is 20.6. The maximum Gasteiger partial charge on any atom is 0.352 e. The molecule has 7 nitrogen and oxygen atoms in total. The maximum atomic E-state index is 11.4. The van der Waals surface area contributed by atoms with Gasteiger partial charge in [0.25, 0.3) is 0 Å². The summed E-state index contributed by atoms with van der Waals surface area (Å²) in [5, 5.41) is 10.2. The van der Waals surface area contributed by atoms with E-state index >= 15 is 0 Å². The predicted octanol–water partition coefficient (Wildman–Crippen LogP) is 2.81. The minimum Gasteiger partial charge on any atom is -0.477 e. The topological polar surface area (TPSA) is 70.8 Å². The van der Waals surface area contributed by atoms with E-state index in [0.717, 1.165) is 49.3 Å². The molecule has 1 aliphatic rings. The van der Waals surface area contributed by atoms with E-state index < -0.39 is 5.97 Å². The monoisotopic (exact) mass is 380 g/mol. The standard InChI is InChI=1S/C21H24N4O3/c1-23-8-10-25(11-9-23)14-16-13-17(6-7-22-16)28-19-5-3-4-15-12-18(21(26)27)24(2)20(15)19/h3-7,12-13H,8-11,14H2,1-2H3,(H,26,27). The van der Waals surface area contributed by atoms with Crippen LogP contribution in [0.4, 0.5) is 0 Å². The smallest absolute Gasteiger partial charge is 0.352 e. The highest BCUT2D eigenvalue weighted by molar-refractivity contribution is 5.96. The van der Waals surface area contributed by atoms with Gasteiger partial charge in [-0.15, -0.1) is 0 Å². The van der Waals surface area contributed by atoms with E-state index in [1.165, 1.54) is 0 Å². The second kappa shape index (κ2) is 7.61. The number of fused-ring (bicyclic) bond motifs is 1. The number of aromatic carboxylic acids is 1. The summed E-state index contributed by atoms with van der Waals surface area (Å²) in [5.74, 6) is 0.372. The van der Waals surface area contributed by atoms with Crippen molar-refractivity contribution in [2.45, 2.75) is 6.54 Å². The Morgan fingerprint density at radius 1 is 1.14 bits per heavy atom. The van der Waals surface area contributed by atoms with Gasteiger partial charge in [-0.2, -0.15) is 0 Å². The summed E-state index contributed by atoms with van der Waals surface area (Å²) in [6, 6.07) is 11.1. The molecule has 0 atom stereocenters. The Labute approximate surface area is 163 Å². The number of benzene rings is 1. The molecule has 146 valence electrons. The lowest BCUT2D eigenvalue weighted by molar-refractivity contribution is 0.0687. The molecule has 1 N–H and O–H groups in total. The molecule has 1 aliphatic heterocycles. The predicted molar refractivity (Wildman–Crippen MR) is 107 cm³/mol. The number of rotatable bonds is 5. The number of carboxylic acid groups (broad SMARTS) is 1. The summed E-state index contributed by atoms with van der Waals surface area (Å²) in [6.07, 6.45) is 1.76. The molecule has 2 aromatic heterocycles. The third-order valence-corrected chi connectivity index (χ3v) is 5.24. The number of ether oxygens (including phenoxy) is 1. The van der Waals surface area contributed by atoms with Crippen molar-refractivity contribution in [1.29, 1.82) is 0 Å². The van der Waals surface area contributed by atoms with Crippen LogP contribution in [0.2, 0.25) is 0 Å². The summed E-state index contributed by atoms with van der Waals surface area (Å²) in [5.41, 5.74) is 1.96. The van der Waals surface area contributed by atoms with Gasteiger partial charge in [-0.25, -0.2) is 4.79 Å². The quantitative estimate of drug-likeness (QED) is 0.734. The van der Waals surface area contributed by atoms with E-state index in [1.54, 1.807) is 23.9 Å². The molecule has 0 aliphatic carbocycles. The first kappa shape index (κ1) is 18.5. The van der Waals surface area contributed by atoms with E-state index in [4.69, 9.17) is 4.74 Å². The summed E-state index contributed by atoms with van der Waals surface area (Å²) in [6.45, 7) is 4.99. The van der Waals surface area contributed by atoms with Crippen molar-refractivity contribution >= 4 is 16.9 Å². The normalized spacial score (nSPS) is 15.8. The second-order valence-corrected chi connectivity index (χ2v) is 7.25. The van der Waals surface area contributed by atoms with Gasteiger partial charge >= 0.3 is 5.97 Å². The Morgan fingerprint density at radius 2 is 1.93 bits per heavy atom. The molecule has 4 rings (SSSR count). The summed E-state index contributed by atoms with van der Waals surface area (Å²) < 4.78 is 7.78. The van der Waals surface area contributed by atoms with Crippen molar-refractivity contribution in [3.05, 3.63) is 54.0 Å². The Hall–Kier alpha value is -2.90. The van der Waals surface area contributed by atoms with Crippen molar-refractivity contribution in [2.75, 3.05) is 33.2 Å². The third kappa shape index (κ3) is 3.72. The molecule has 1 saturated heterocycles. The van der Waals surface area contributed by atoms with Crippen molar-refractivity contribution in [3.8, 4) is 11.5 Å². The number of aromatic nitrogens is 2. The van der Waals surface area contributed by atoms with Crippen LogP contribution in [0.1, 0.15) is 16.2 Å². The van der Waals surface area contributed by atoms with Crippen LogP contribution in [0.15, 0.2) is 42.6 Å². The first-order valence-electron chi connectivity index (χ1n) is 9.36. The van der Waals surface area contributed by atoms with Crippen LogP contribution in [0.25, 0.3) is 10.9 Å². The average Bonchev–Trinajstić information content (AvgIpc) is 3.02. The highest BCUT2D eigenvalue weighted by atomic mass is 16.5. The van der Waals surface area contributed by atoms with Gasteiger partial charge in [0.1, 0.15) is 11.4 Å². The van der Waals surface area contributed by atoms with Crippen molar-refractivity contribution in [2.24, 2.45) is 7.05 Å². The van der Waals surface area contributed by atoms with Crippen LogP contribution in [-0.4, -0.2) is 63.7 Å². The third-order valence-electron chi connectivity index (χ3n) is 5.24. The largest absolute Gasteiger partial charge is 0.477 e. The van der Waals surface area contributed by atoms with Gasteiger partial charge in [-0.3, -0.25) is 9.88 Å². The molecule has 1 fully saturated rings. The fourth-order valence-corrected chi connectivity index (χ4v) is 3.63. The Morgan fingerprint density at radius 3 is 2.68 bits per heavy atom. The number of hydrogen-bond donors (Lipinski definition) is 1. The summed E-state index contributed by atoms with van der Waals surface area (Å²) in [7, 11) is 3.88. The number of nitrogens with zero attached hydrogens (tertiary/aromatic N) is 4. The van der Waals surface area contributed by atoms with Gasteiger partial charge < -0.3 is 19.3 Å². The highest BCUT2D eigenvalue weighted by Gasteiger charge is 2.17. The molecule has 1 aromatic carbocycles. The maximum absolute atomic E-state index is 11.4. The number of hydrogen-bond acceptors (Lipinski definition) is 5. The number of piperazine rings is 1. The minimum atomic E-state index is -0.956. The van der Waals surface area contributed by atoms with Crippen LogP contribution in [0.3, 0.4) is 0 Å². The highest BCUT2D eigenvalue weighted by Crippen LogP contribution is 2.32. The number of likely N-dealkylation sites (N-methyl/N-ethyl adjacent to an activating group) is 1. The molecule has 0 bridgehead atoms.